The van der Waals surface area contributed by atoms with E-state index in [4.69, 9.17) is 9.84 Å². The van der Waals surface area contributed by atoms with Gasteiger partial charge in [0, 0.05) is 11.6 Å². The van der Waals surface area contributed by atoms with Gasteiger partial charge in [-0.1, -0.05) is 26.0 Å². The summed E-state index contributed by atoms with van der Waals surface area (Å²) in [5.41, 5.74) is 1.45. The number of carboxylic acids is 1. The van der Waals surface area contributed by atoms with E-state index in [1.807, 2.05) is 0 Å². The van der Waals surface area contributed by atoms with Gasteiger partial charge in [-0.15, -0.1) is 0 Å². The molecule has 7 nitrogen and oxygen atoms in total. The maximum atomic E-state index is 13.4. The largest absolute Gasteiger partial charge is 0.478 e. The van der Waals surface area contributed by atoms with E-state index in [1.54, 1.807) is 36.4 Å². The summed E-state index contributed by atoms with van der Waals surface area (Å²) < 4.78 is 6.01. The number of carbonyl (C=O) groups excluding carboxylic acids is 1. The highest BCUT2D eigenvalue weighted by Gasteiger charge is 2.55. The lowest BCUT2D eigenvalue weighted by molar-refractivity contribution is -0.136. The molecule has 0 spiro atoms. The fraction of sp³-hybridized carbons (Fsp3) is 0.536. The van der Waals surface area contributed by atoms with Crippen molar-refractivity contribution in [1.82, 2.24) is 10.3 Å². The summed E-state index contributed by atoms with van der Waals surface area (Å²) in [4.78, 5) is 29.3. The summed E-state index contributed by atoms with van der Waals surface area (Å²) >= 11 is 0. The first kappa shape index (κ1) is 23.8. The molecule has 1 aromatic heterocycles. The SMILES string of the molecule is CC(C)CCOc1nc(-c2ccc(C(=O)O)cc2)ccc1C(=O)NC1C2CC3CC1CC(O)(C3)C2. The second kappa shape index (κ2) is 9.26. The van der Waals surface area contributed by atoms with Crippen molar-refractivity contribution in [3.63, 3.8) is 0 Å². The van der Waals surface area contributed by atoms with Crippen LogP contribution in [0.3, 0.4) is 0 Å². The molecule has 2 unspecified atom stereocenters. The fourth-order valence-corrected chi connectivity index (χ4v) is 6.51. The van der Waals surface area contributed by atoms with Gasteiger partial charge in [-0.2, -0.15) is 0 Å². The summed E-state index contributed by atoms with van der Waals surface area (Å²) in [6, 6.07) is 10.1. The average molecular weight is 479 g/mol. The molecular weight excluding hydrogens is 444 g/mol. The first-order valence-corrected chi connectivity index (χ1v) is 12.7. The van der Waals surface area contributed by atoms with Crippen LogP contribution >= 0.6 is 0 Å². The number of aromatic carboxylic acids is 1. The van der Waals surface area contributed by atoms with E-state index in [0.717, 1.165) is 44.1 Å². The minimum Gasteiger partial charge on any atom is -0.478 e. The third kappa shape index (κ3) is 4.92. The van der Waals surface area contributed by atoms with Crippen LogP contribution in [0.15, 0.2) is 36.4 Å². The van der Waals surface area contributed by atoms with Crippen molar-refractivity contribution in [2.24, 2.45) is 23.7 Å². The third-order valence-electron chi connectivity index (χ3n) is 8.01. The van der Waals surface area contributed by atoms with Crippen molar-refractivity contribution in [1.29, 1.82) is 0 Å². The number of benzene rings is 1. The van der Waals surface area contributed by atoms with Crippen LogP contribution in [-0.4, -0.2) is 45.3 Å². The summed E-state index contributed by atoms with van der Waals surface area (Å²) in [7, 11) is 0. The van der Waals surface area contributed by atoms with Gasteiger partial charge in [0.15, 0.2) is 0 Å². The van der Waals surface area contributed by atoms with Gasteiger partial charge in [-0.05, 0) is 86.5 Å². The molecule has 6 rings (SSSR count). The minimum atomic E-state index is -0.980. The Bertz CT molecular complexity index is 1100. The molecule has 186 valence electrons. The van der Waals surface area contributed by atoms with Crippen molar-refractivity contribution in [3.8, 4) is 17.1 Å². The maximum absolute atomic E-state index is 13.4. The molecule has 1 amide bonds. The Labute approximate surface area is 205 Å². The van der Waals surface area contributed by atoms with Gasteiger partial charge in [0.2, 0.25) is 5.88 Å². The molecular formula is C28H34N2O5. The van der Waals surface area contributed by atoms with Crippen LogP contribution in [0, 0.1) is 23.7 Å². The number of nitrogens with one attached hydrogen (secondary N) is 1. The molecule has 0 radical (unpaired) electrons. The molecule has 7 heteroatoms. The number of hydrogen-bond acceptors (Lipinski definition) is 5. The highest BCUT2D eigenvalue weighted by Crippen LogP contribution is 2.55. The minimum absolute atomic E-state index is 0.0751. The van der Waals surface area contributed by atoms with Crippen molar-refractivity contribution >= 4 is 11.9 Å². The zero-order chi connectivity index (χ0) is 24.7. The van der Waals surface area contributed by atoms with Gasteiger partial charge in [-0.25, -0.2) is 9.78 Å². The fourth-order valence-electron chi connectivity index (χ4n) is 6.51. The zero-order valence-corrected chi connectivity index (χ0v) is 20.4. The number of rotatable bonds is 8. The quantitative estimate of drug-likeness (QED) is 0.514. The van der Waals surface area contributed by atoms with Gasteiger partial charge in [-0.3, -0.25) is 4.79 Å². The molecule has 1 heterocycles. The number of carbonyl (C=O) groups is 2. The number of pyridine rings is 1. The molecule has 2 aromatic rings. The molecule has 4 bridgehead atoms. The smallest absolute Gasteiger partial charge is 0.335 e. The summed E-state index contributed by atoms with van der Waals surface area (Å²) in [5, 5.41) is 23.3. The van der Waals surface area contributed by atoms with Gasteiger partial charge < -0.3 is 20.3 Å². The molecule has 4 fully saturated rings. The van der Waals surface area contributed by atoms with Crippen molar-refractivity contribution in [2.45, 2.75) is 64.0 Å². The van der Waals surface area contributed by atoms with Crippen molar-refractivity contribution in [3.05, 3.63) is 47.5 Å². The molecule has 0 saturated heterocycles. The van der Waals surface area contributed by atoms with E-state index in [-0.39, 0.29) is 17.5 Å². The van der Waals surface area contributed by atoms with E-state index in [9.17, 15) is 14.7 Å². The highest BCUT2D eigenvalue weighted by atomic mass is 16.5. The number of nitrogens with zero attached hydrogens (tertiary/aromatic N) is 1. The number of aromatic nitrogens is 1. The lowest BCUT2D eigenvalue weighted by atomic mass is 9.52. The van der Waals surface area contributed by atoms with Crippen LogP contribution in [0.1, 0.15) is 73.1 Å². The summed E-state index contributed by atoms with van der Waals surface area (Å²) in [5.74, 6) is 0.804. The van der Waals surface area contributed by atoms with Gasteiger partial charge >= 0.3 is 5.97 Å². The second-order valence-corrected chi connectivity index (χ2v) is 11.2. The van der Waals surface area contributed by atoms with E-state index in [1.165, 1.54) is 0 Å². The summed E-state index contributed by atoms with van der Waals surface area (Å²) in [6.45, 7) is 4.69. The van der Waals surface area contributed by atoms with Gasteiger partial charge in [0.05, 0.1) is 23.5 Å². The predicted octanol–water partition coefficient (Wildman–Crippen LogP) is 4.54. The van der Waals surface area contributed by atoms with Crippen LogP contribution in [0.4, 0.5) is 0 Å². The number of ether oxygens (including phenoxy) is 1. The normalized spacial score (nSPS) is 28.8. The standard InChI is InChI=1S/C28H34N2O5/c1-16(2)9-10-35-26-22(7-8-23(29-26)18-3-5-19(6-4-18)27(32)33)25(31)30-24-20-11-17-12-21(24)15-28(34,13-17)14-20/h3-8,16-17,20-21,24,34H,9-15H2,1-2H3,(H,30,31)(H,32,33). The Morgan fingerprint density at radius 3 is 2.37 bits per heavy atom. The second-order valence-electron chi connectivity index (χ2n) is 11.2. The predicted molar refractivity (Wildman–Crippen MR) is 131 cm³/mol. The topological polar surface area (TPSA) is 109 Å². The number of carboxylic acid groups (broad SMARTS) is 1. The molecule has 1 aromatic carbocycles. The van der Waals surface area contributed by atoms with E-state index < -0.39 is 11.6 Å². The maximum Gasteiger partial charge on any atom is 0.335 e. The molecule has 4 aliphatic carbocycles. The average Bonchev–Trinajstić information content (AvgIpc) is 2.80. The summed E-state index contributed by atoms with van der Waals surface area (Å²) in [6.07, 6.45) is 5.44. The zero-order valence-electron chi connectivity index (χ0n) is 20.4. The molecule has 2 atom stereocenters. The molecule has 0 aliphatic heterocycles. The van der Waals surface area contributed by atoms with E-state index in [2.05, 4.69) is 24.1 Å². The van der Waals surface area contributed by atoms with Crippen LogP contribution in [0.25, 0.3) is 11.3 Å². The van der Waals surface area contributed by atoms with E-state index >= 15 is 0 Å². The van der Waals surface area contributed by atoms with Crippen LogP contribution in [0.5, 0.6) is 5.88 Å². The van der Waals surface area contributed by atoms with Gasteiger partial charge in [0.1, 0.15) is 5.56 Å². The molecule has 35 heavy (non-hydrogen) atoms. The van der Waals surface area contributed by atoms with Crippen molar-refractivity contribution in [2.75, 3.05) is 6.61 Å². The number of hydrogen-bond donors (Lipinski definition) is 3. The molecule has 3 N–H and O–H groups in total. The van der Waals surface area contributed by atoms with Gasteiger partial charge in [0.25, 0.3) is 5.91 Å². The monoisotopic (exact) mass is 478 g/mol. The Morgan fingerprint density at radius 2 is 1.77 bits per heavy atom. The van der Waals surface area contributed by atoms with E-state index in [0.29, 0.717) is 47.4 Å². The van der Waals surface area contributed by atoms with Crippen molar-refractivity contribution < 1.29 is 24.5 Å². The Kier molecular flexibility index (Phi) is 6.30. The van der Waals surface area contributed by atoms with Crippen LogP contribution in [-0.2, 0) is 0 Å². The lowest BCUT2D eigenvalue weighted by Crippen LogP contribution is -2.61. The molecule has 4 aliphatic rings. The molecule has 4 saturated carbocycles. The van der Waals surface area contributed by atoms with Crippen LogP contribution in [0.2, 0.25) is 0 Å². The number of aliphatic hydroxyl groups is 1. The Balaban J connectivity index is 1.38. The van der Waals surface area contributed by atoms with Crippen LogP contribution < -0.4 is 10.1 Å². The lowest BCUT2D eigenvalue weighted by Gasteiger charge is -2.58. The first-order valence-electron chi connectivity index (χ1n) is 12.7. The Hall–Kier alpha value is -2.93. The Morgan fingerprint density at radius 1 is 1.09 bits per heavy atom. The highest BCUT2D eigenvalue weighted by molar-refractivity contribution is 5.97. The first-order chi connectivity index (χ1) is 16.7. The third-order valence-corrected chi connectivity index (χ3v) is 8.01. The number of amides is 1.